The Morgan fingerprint density at radius 3 is 3.00 bits per heavy atom. The number of pyridine rings is 1. The molecule has 6 heteroatoms. The van der Waals surface area contributed by atoms with Gasteiger partial charge >= 0.3 is 0 Å². The molecule has 0 aliphatic carbocycles. The van der Waals surface area contributed by atoms with Gasteiger partial charge < -0.3 is 5.73 Å². The van der Waals surface area contributed by atoms with Crippen molar-refractivity contribution in [1.82, 2.24) is 4.98 Å². The standard InChI is InChI=1S/C7H3ClFIN2S/c8-7-5(9)6(11)4(3-12-7)1-2-13-10/h3H,(H2,11,12). The van der Waals surface area contributed by atoms with Crippen LogP contribution < -0.4 is 5.73 Å². The van der Waals surface area contributed by atoms with Crippen LogP contribution in [0.15, 0.2) is 6.20 Å². The van der Waals surface area contributed by atoms with E-state index in [-0.39, 0.29) is 10.8 Å². The summed E-state index contributed by atoms with van der Waals surface area (Å²) in [7, 11) is 1.29. The number of nitrogens with two attached hydrogens (primary N) is 1. The van der Waals surface area contributed by atoms with Crippen molar-refractivity contribution in [2.45, 2.75) is 0 Å². The van der Waals surface area contributed by atoms with Gasteiger partial charge in [-0.3, -0.25) is 0 Å². The van der Waals surface area contributed by atoms with Gasteiger partial charge in [0, 0.05) is 27.4 Å². The molecule has 0 radical (unpaired) electrons. The second-order valence-electron chi connectivity index (χ2n) is 1.99. The summed E-state index contributed by atoms with van der Waals surface area (Å²) in [5.74, 6) is 1.93. The molecule has 2 nitrogen and oxygen atoms in total. The predicted molar refractivity (Wildman–Crippen MR) is 62.1 cm³/mol. The fourth-order valence-electron chi connectivity index (χ4n) is 0.651. The van der Waals surface area contributed by atoms with Gasteiger partial charge in [-0.1, -0.05) is 17.5 Å². The Labute approximate surface area is 96.0 Å². The van der Waals surface area contributed by atoms with E-state index in [1.165, 1.54) is 15.1 Å². The molecular formula is C7H3ClFIN2S. The highest BCUT2D eigenvalue weighted by Crippen LogP contribution is 2.21. The van der Waals surface area contributed by atoms with E-state index in [4.69, 9.17) is 17.3 Å². The van der Waals surface area contributed by atoms with Gasteiger partial charge in [-0.2, -0.15) is 0 Å². The molecule has 68 valence electrons. The lowest BCUT2D eigenvalue weighted by Crippen LogP contribution is -1.97. The Balaban J connectivity index is 3.18. The monoisotopic (exact) mass is 328 g/mol. The average Bonchev–Trinajstić information content (AvgIpc) is 2.13. The molecule has 0 saturated carbocycles. The number of aromatic nitrogens is 1. The topological polar surface area (TPSA) is 38.9 Å². The highest BCUT2D eigenvalue weighted by atomic mass is 127. The minimum atomic E-state index is -0.716. The fraction of sp³-hybridized carbons (Fsp3) is 0. The van der Waals surface area contributed by atoms with Gasteiger partial charge in [-0.25, -0.2) is 9.37 Å². The molecule has 2 N–H and O–H groups in total. The van der Waals surface area contributed by atoms with Crippen LogP contribution >= 0.6 is 41.7 Å². The molecule has 0 unspecified atom stereocenters. The summed E-state index contributed by atoms with van der Waals surface area (Å²) in [5, 5.41) is 2.44. The van der Waals surface area contributed by atoms with E-state index in [0.717, 1.165) is 0 Å². The molecule has 0 amide bonds. The van der Waals surface area contributed by atoms with Gasteiger partial charge in [-0.05, 0) is 14.2 Å². The summed E-state index contributed by atoms with van der Waals surface area (Å²) in [6, 6.07) is 0. The van der Waals surface area contributed by atoms with Crippen molar-refractivity contribution in [2.24, 2.45) is 0 Å². The van der Waals surface area contributed by atoms with E-state index in [9.17, 15) is 4.39 Å². The molecule has 1 aromatic rings. The Morgan fingerprint density at radius 2 is 2.38 bits per heavy atom. The van der Waals surface area contributed by atoms with Gasteiger partial charge in [0.1, 0.15) is 0 Å². The van der Waals surface area contributed by atoms with Crippen LogP contribution in [0, 0.1) is 17.0 Å². The summed E-state index contributed by atoms with van der Waals surface area (Å²) >= 11 is 7.40. The third-order valence-corrected chi connectivity index (χ3v) is 2.34. The first-order valence-corrected chi connectivity index (χ1v) is 6.78. The van der Waals surface area contributed by atoms with E-state index in [2.05, 4.69) is 16.2 Å². The number of nitrogens with zero attached hydrogens (tertiary/aromatic N) is 1. The van der Waals surface area contributed by atoms with Crippen LogP contribution in [0.4, 0.5) is 10.1 Å². The molecule has 1 aromatic heterocycles. The molecule has 1 heterocycles. The number of anilines is 1. The number of hydrogen-bond donors (Lipinski definition) is 1. The molecule has 13 heavy (non-hydrogen) atoms. The lowest BCUT2D eigenvalue weighted by atomic mass is 10.2. The maximum Gasteiger partial charge on any atom is 0.184 e. The number of hydrogen-bond acceptors (Lipinski definition) is 3. The number of rotatable bonds is 0. The molecule has 0 aliphatic heterocycles. The Hall–Kier alpha value is -0.190. The quantitative estimate of drug-likeness (QED) is 0.452. The zero-order chi connectivity index (χ0) is 9.84. The zero-order valence-corrected chi connectivity index (χ0v) is 9.87. The van der Waals surface area contributed by atoms with Crippen molar-refractivity contribution >= 4 is 47.4 Å². The predicted octanol–water partition coefficient (Wildman–Crippen LogP) is 2.85. The van der Waals surface area contributed by atoms with E-state index in [1.807, 2.05) is 21.2 Å². The van der Waals surface area contributed by atoms with Crippen molar-refractivity contribution in [2.75, 3.05) is 5.73 Å². The van der Waals surface area contributed by atoms with Crippen LogP contribution in [0.3, 0.4) is 0 Å². The van der Waals surface area contributed by atoms with E-state index in [1.54, 1.807) is 0 Å². The first kappa shape index (κ1) is 10.9. The highest BCUT2D eigenvalue weighted by molar-refractivity contribution is 14.2. The smallest absolute Gasteiger partial charge is 0.184 e. The molecule has 0 bridgehead atoms. The molecule has 0 spiro atoms. The molecular weight excluding hydrogens is 326 g/mol. The summed E-state index contributed by atoms with van der Waals surface area (Å²) in [6.07, 6.45) is 1.35. The molecule has 0 saturated heterocycles. The summed E-state index contributed by atoms with van der Waals surface area (Å²) in [5.41, 5.74) is 5.71. The van der Waals surface area contributed by atoms with Crippen LogP contribution in [0.2, 0.25) is 5.15 Å². The second-order valence-corrected chi connectivity index (χ2v) is 4.03. The van der Waals surface area contributed by atoms with Crippen LogP contribution in [0.1, 0.15) is 5.56 Å². The van der Waals surface area contributed by atoms with Crippen LogP contribution in [0.25, 0.3) is 0 Å². The molecule has 0 fully saturated rings. The van der Waals surface area contributed by atoms with E-state index in [0.29, 0.717) is 5.56 Å². The SMILES string of the molecule is Nc1c(C#CSI)cnc(Cl)c1F. The van der Waals surface area contributed by atoms with Crippen LogP contribution in [-0.4, -0.2) is 4.98 Å². The third-order valence-electron chi connectivity index (χ3n) is 1.24. The minimum Gasteiger partial charge on any atom is -0.395 e. The van der Waals surface area contributed by atoms with Crippen molar-refractivity contribution in [3.63, 3.8) is 0 Å². The van der Waals surface area contributed by atoms with Crippen molar-refractivity contribution in [1.29, 1.82) is 0 Å². The fourth-order valence-corrected chi connectivity index (χ4v) is 1.28. The van der Waals surface area contributed by atoms with Crippen molar-refractivity contribution < 1.29 is 4.39 Å². The van der Waals surface area contributed by atoms with Gasteiger partial charge in [0.2, 0.25) is 0 Å². The van der Waals surface area contributed by atoms with Crippen molar-refractivity contribution in [3.05, 3.63) is 22.7 Å². The second kappa shape index (κ2) is 4.88. The normalized spacial score (nSPS) is 9.15. The summed E-state index contributed by atoms with van der Waals surface area (Å²) < 4.78 is 13.0. The Kier molecular flexibility index (Phi) is 4.09. The largest absolute Gasteiger partial charge is 0.395 e. The van der Waals surface area contributed by atoms with Gasteiger partial charge in [0.25, 0.3) is 0 Å². The van der Waals surface area contributed by atoms with E-state index >= 15 is 0 Å². The van der Waals surface area contributed by atoms with Gasteiger partial charge in [0.15, 0.2) is 11.0 Å². The molecule has 1 rings (SSSR count). The molecule has 0 atom stereocenters. The summed E-state index contributed by atoms with van der Waals surface area (Å²) in [4.78, 5) is 3.59. The van der Waals surface area contributed by atoms with E-state index < -0.39 is 5.82 Å². The third kappa shape index (κ3) is 2.62. The van der Waals surface area contributed by atoms with Gasteiger partial charge in [0.05, 0.1) is 11.3 Å². The molecule has 0 aromatic carbocycles. The molecule has 0 aliphatic rings. The zero-order valence-electron chi connectivity index (χ0n) is 6.14. The lowest BCUT2D eigenvalue weighted by Gasteiger charge is -1.99. The minimum absolute atomic E-state index is 0.0575. The number of halogens is 3. The number of nitrogen functional groups attached to an aromatic ring is 1. The lowest BCUT2D eigenvalue weighted by molar-refractivity contribution is 0.626. The maximum atomic E-state index is 13.0. The average molecular weight is 329 g/mol. The van der Waals surface area contributed by atoms with Crippen LogP contribution in [0.5, 0.6) is 0 Å². The maximum absolute atomic E-state index is 13.0. The summed E-state index contributed by atoms with van der Waals surface area (Å²) in [6.45, 7) is 0. The Morgan fingerprint density at radius 1 is 1.69 bits per heavy atom. The van der Waals surface area contributed by atoms with Crippen LogP contribution in [-0.2, 0) is 0 Å². The highest BCUT2D eigenvalue weighted by Gasteiger charge is 2.08. The first-order chi connectivity index (χ1) is 6.16. The van der Waals surface area contributed by atoms with Crippen molar-refractivity contribution in [3.8, 4) is 11.2 Å². The van der Waals surface area contributed by atoms with Gasteiger partial charge in [-0.15, -0.1) is 0 Å². The Bertz CT molecular complexity index is 388. The first-order valence-electron chi connectivity index (χ1n) is 3.05.